The normalized spacial score (nSPS) is 11.3. The van der Waals surface area contributed by atoms with Crippen molar-refractivity contribution in [1.29, 1.82) is 0 Å². The standard InChI is InChI=1S/C19H22ClN3O/c1-3-4-10-23(2)13-19-17-12-16(8-9-18(17)21-22-19)24-15-7-5-6-14(20)11-15/h5-9,11-12H,3-4,10,13H2,1-2H3,(H,21,22). The van der Waals surface area contributed by atoms with E-state index in [1.165, 1.54) is 12.8 Å². The molecule has 0 saturated heterocycles. The zero-order chi connectivity index (χ0) is 16.9. The molecule has 3 rings (SSSR count). The van der Waals surface area contributed by atoms with Crippen molar-refractivity contribution in [3.8, 4) is 11.5 Å². The van der Waals surface area contributed by atoms with Crippen molar-refractivity contribution in [1.82, 2.24) is 15.1 Å². The number of aromatic amines is 1. The summed E-state index contributed by atoms with van der Waals surface area (Å²) in [5, 5.41) is 9.30. The molecule has 2 aromatic carbocycles. The van der Waals surface area contributed by atoms with E-state index in [0.717, 1.165) is 41.2 Å². The topological polar surface area (TPSA) is 41.2 Å². The van der Waals surface area contributed by atoms with Gasteiger partial charge in [0.1, 0.15) is 11.5 Å². The summed E-state index contributed by atoms with van der Waals surface area (Å²) < 4.78 is 5.92. The fourth-order valence-corrected chi connectivity index (χ4v) is 2.85. The Bertz CT molecular complexity index is 815. The van der Waals surface area contributed by atoms with Crippen molar-refractivity contribution in [2.45, 2.75) is 26.3 Å². The quantitative estimate of drug-likeness (QED) is 0.637. The van der Waals surface area contributed by atoms with Gasteiger partial charge in [-0.25, -0.2) is 0 Å². The van der Waals surface area contributed by atoms with Crippen LogP contribution < -0.4 is 4.74 Å². The molecule has 4 nitrogen and oxygen atoms in total. The minimum atomic E-state index is 0.662. The molecule has 0 amide bonds. The Hall–Kier alpha value is -2.04. The van der Waals surface area contributed by atoms with Gasteiger partial charge in [-0.2, -0.15) is 5.10 Å². The minimum Gasteiger partial charge on any atom is -0.457 e. The molecule has 24 heavy (non-hydrogen) atoms. The first kappa shape index (κ1) is 16.8. The van der Waals surface area contributed by atoms with Crippen LogP contribution in [-0.2, 0) is 6.54 Å². The third-order valence-electron chi connectivity index (χ3n) is 3.96. The maximum Gasteiger partial charge on any atom is 0.128 e. The van der Waals surface area contributed by atoms with Crippen LogP contribution in [0.2, 0.25) is 5.02 Å². The smallest absolute Gasteiger partial charge is 0.128 e. The molecule has 0 saturated carbocycles. The van der Waals surface area contributed by atoms with E-state index in [-0.39, 0.29) is 0 Å². The second-order valence-electron chi connectivity index (χ2n) is 6.03. The molecule has 0 atom stereocenters. The lowest BCUT2D eigenvalue weighted by Gasteiger charge is -2.15. The van der Waals surface area contributed by atoms with Crippen LogP contribution in [-0.4, -0.2) is 28.7 Å². The molecule has 126 valence electrons. The van der Waals surface area contributed by atoms with Crippen LogP contribution in [0.25, 0.3) is 10.9 Å². The summed E-state index contributed by atoms with van der Waals surface area (Å²) in [4.78, 5) is 2.31. The van der Waals surface area contributed by atoms with E-state index < -0.39 is 0 Å². The number of halogens is 1. The summed E-state index contributed by atoms with van der Waals surface area (Å²) in [5.41, 5.74) is 2.06. The number of hydrogen-bond donors (Lipinski definition) is 1. The van der Waals surface area contributed by atoms with Crippen molar-refractivity contribution in [2.75, 3.05) is 13.6 Å². The lowest BCUT2D eigenvalue weighted by molar-refractivity contribution is 0.318. The highest BCUT2D eigenvalue weighted by Gasteiger charge is 2.09. The minimum absolute atomic E-state index is 0.662. The Kier molecular flexibility index (Phi) is 5.38. The average molecular weight is 344 g/mol. The van der Waals surface area contributed by atoms with Crippen LogP contribution in [0.1, 0.15) is 25.5 Å². The first-order valence-electron chi connectivity index (χ1n) is 8.24. The van der Waals surface area contributed by atoms with Gasteiger partial charge in [-0.05, 0) is 56.4 Å². The number of unbranched alkanes of at least 4 members (excludes halogenated alkanes) is 1. The molecule has 0 aliphatic carbocycles. The Morgan fingerprint density at radius 3 is 2.79 bits per heavy atom. The molecule has 0 unspecified atom stereocenters. The fraction of sp³-hybridized carbons (Fsp3) is 0.316. The predicted octanol–water partition coefficient (Wildman–Crippen LogP) is 5.24. The van der Waals surface area contributed by atoms with E-state index >= 15 is 0 Å². The van der Waals surface area contributed by atoms with Crippen LogP contribution in [0.15, 0.2) is 42.5 Å². The zero-order valence-corrected chi connectivity index (χ0v) is 14.8. The SMILES string of the molecule is CCCCN(C)Cc1[nH]nc2ccc(Oc3cccc(Cl)c3)cc12. The predicted molar refractivity (Wildman–Crippen MR) is 98.9 cm³/mol. The number of H-pyrrole nitrogens is 1. The van der Waals surface area contributed by atoms with Gasteiger partial charge in [-0.3, -0.25) is 5.10 Å². The van der Waals surface area contributed by atoms with E-state index in [1.54, 1.807) is 6.07 Å². The molecule has 0 aliphatic heterocycles. The first-order chi connectivity index (χ1) is 11.7. The highest BCUT2D eigenvalue weighted by Crippen LogP contribution is 2.28. The molecular formula is C19H22ClN3O. The molecule has 0 bridgehead atoms. The number of aromatic nitrogens is 2. The number of hydrogen-bond acceptors (Lipinski definition) is 3. The fourth-order valence-electron chi connectivity index (χ4n) is 2.67. The molecule has 1 N–H and O–H groups in total. The van der Waals surface area contributed by atoms with Crippen LogP contribution in [0.3, 0.4) is 0 Å². The Labute approximate surface area is 147 Å². The molecular weight excluding hydrogens is 322 g/mol. The number of nitrogens with zero attached hydrogens (tertiary/aromatic N) is 2. The Balaban J connectivity index is 1.80. The maximum atomic E-state index is 6.01. The van der Waals surface area contributed by atoms with Crippen LogP contribution in [0.5, 0.6) is 11.5 Å². The largest absolute Gasteiger partial charge is 0.457 e. The van der Waals surface area contributed by atoms with Gasteiger partial charge in [-0.1, -0.05) is 31.0 Å². The average Bonchev–Trinajstić information content (AvgIpc) is 2.95. The van der Waals surface area contributed by atoms with E-state index in [4.69, 9.17) is 16.3 Å². The van der Waals surface area contributed by atoms with E-state index in [0.29, 0.717) is 5.02 Å². The number of benzene rings is 2. The number of ether oxygens (including phenoxy) is 1. The lowest BCUT2D eigenvalue weighted by atomic mass is 10.2. The van der Waals surface area contributed by atoms with Gasteiger partial charge in [0.25, 0.3) is 0 Å². The zero-order valence-electron chi connectivity index (χ0n) is 14.1. The van der Waals surface area contributed by atoms with Crippen molar-refractivity contribution < 1.29 is 4.74 Å². The number of rotatable bonds is 7. The number of fused-ring (bicyclic) bond motifs is 1. The summed E-state index contributed by atoms with van der Waals surface area (Å²) >= 11 is 6.01. The molecule has 0 radical (unpaired) electrons. The lowest BCUT2D eigenvalue weighted by Crippen LogP contribution is -2.19. The van der Waals surface area contributed by atoms with Gasteiger partial charge in [0, 0.05) is 17.0 Å². The Morgan fingerprint density at radius 1 is 1.17 bits per heavy atom. The van der Waals surface area contributed by atoms with Gasteiger partial charge in [0.2, 0.25) is 0 Å². The van der Waals surface area contributed by atoms with Crippen molar-refractivity contribution >= 4 is 22.5 Å². The summed E-state index contributed by atoms with van der Waals surface area (Å²) in [6.07, 6.45) is 2.40. The van der Waals surface area contributed by atoms with Gasteiger partial charge < -0.3 is 9.64 Å². The molecule has 0 spiro atoms. The van der Waals surface area contributed by atoms with Crippen molar-refractivity contribution in [2.24, 2.45) is 0 Å². The second-order valence-corrected chi connectivity index (χ2v) is 6.47. The summed E-state index contributed by atoms with van der Waals surface area (Å²) in [6, 6.07) is 13.3. The van der Waals surface area contributed by atoms with Gasteiger partial charge in [-0.15, -0.1) is 0 Å². The highest BCUT2D eigenvalue weighted by molar-refractivity contribution is 6.30. The van der Waals surface area contributed by atoms with Gasteiger partial charge in [0.05, 0.1) is 11.2 Å². The van der Waals surface area contributed by atoms with Crippen molar-refractivity contribution in [3.05, 3.63) is 53.2 Å². The molecule has 0 aliphatic rings. The number of nitrogens with one attached hydrogen (secondary N) is 1. The molecule has 5 heteroatoms. The van der Waals surface area contributed by atoms with Crippen LogP contribution in [0.4, 0.5) is 0 Å². The summed E-state index contributed by atoms with van der Waals surface area (Å²) in [7, 11) is 2.13. The van der Waals surface area contributed by atoms with E-state index in [1.807, 2.05) is 36.4 Å². The molecule has 1 aromatic heterocycles. The van der Waals surface area contributed by atoms with E-state index in [2.05, 4.69) is 29.1 Å². The molecule has 1 heterocycles. The second kappa shape index (κ2) is 7.69. The highest BCUT2D eigenvalue weighted by atomic mass is 35.5. The van der Waals surface area contributed by atoms with Crippen molar-refractivity contribution in [3.63, 3.8) is 0 Å². The monoisotopic (exact) mass is 343 g/mol. The first-order valence-corrected chi connectivity index (χ1v) is 8.62. The summed E-state index contributed by atoms with van der Waals surface area (Å²) in [6.45, 7) is 4.13. The van der Waals surface area contributed by atoms with E-state index in [9.17, 15) is 0 Å². The molecule has 3 aromatic rings. The van der Waals surface area contributed by atoms with Gasteiger partial charge in [0.15, 0.2) is 0 Å². The van der Waals surface area contributed by atoms with Gasteiger partial charge >= 0.3 is 0 Å². The third kappa shape index (κ3) is 4.08. The molecule has 0 fully saturated rings. The Morgan fingerprint density at radius 2 is 2.00 bits per heavy atom. The summed E-state index contributed by atoms with van der Waals surface area (Å²) in [5.74, 6) is 1.51. The van der Waals surface area contributed by atoms with Crippen LogP contribution >= 0.6 is 11.6 Å². The maximum absolute atomic E-state index is 6.01. The third-order valence-corrected chi connectivity index (χ3v) is 4.19. The van der Waals surface area contributed by atoms with Crippen LogP contribution in [0, 0.1) is 0 Å².